The number of hydrogen-bond acceptors (Lipinski definition) is 3. The van der Waals surface area contributed by atoms with E-state index in [-0.39, 0.29) is 0 Å². The fourth-order valence-electron chi connectivity index (χ4n) is 1.18. The predicted molar refractivity (Wildman–Crippen MR) is 52.7 cm³/mol. The second kappa shape index (κ2) is 4.41. The van der Waals surface area contributed by atoms with Crippen LogP contribution in [0.2, 0.25) is 0 Å². The van der Waals surface area contributed by atoms with Crippen LogP contribution in [0.4, 0.5) is 3.89 Å². The molecular formula is C7H11BrFNO2S. The van der Waals surface area contributed by atoms with Gasteiger partial charge in [-0.05, 0) is 12.8 Å². The number of halogens is 2. The van der Waals surface area contributed by atoms with Crippen molar-refractivity contribution in [3.8, 4) is 0 Å². The van der Waals surface area contributed by atoms with Gasteiger partial charge in [-0.25, -0.2) is 0 Å². The van der Waals surface area contributed by atoms with Crippen molar-refractivity contribution >= 4 is 26.2 Å². The molecule has 0 aromatic carbocycles. The summed E-state index contributed by atoms with van der Waals surface area (Å²) in [5.74, 6) is 0. The molecule has 0 aromatic heterocycles. The van der Waals surface area contributed by atoms with Crippen molar-refractivity contribution in [2.24, 2.45) is 0 Å². The molecule has 1 aliphatic rings. The minimum atomic E-state index is -4.47. The van der Waals surface area contributed by atoms with E-state index < -0.39 is 10.2 Å². The summed E-state index contributed by atoms with van der Waals surface area (Å²) in [7, 11) is -4.47. The molecule has 13 heavy (non-hydrogen) atoms. The zero-order chi connectivity index (χ0) is 9.90. The lowest BCUT2D eigenvalue weighted by Gasteiger charge is -2.27. The van der Waals surface area contributed by atoms with E-state index in [1.807, 2.05) is 0 Å². The maximum atomic E-state index is 12.1. The van der Waals surface area contributed by atoms with E-state index >= 15 is 0 Å². The van der Waals surface area contributed by atoms with Gasteiger partial charge in [0.2, 0.25) is 0 Å². The maximum Gasteiger partial charge on any atom is 0.326 e. The molecule has 1 heterocycles. The summed E-state index contributed by atoms with van der Waals surface area (Å²) in [6.45, 7) is 1.53. The lowest BCUT2D eigenvalue weighted by molar-refractivity contribution is 0.317. The van der Waals surface area contributed by atoms with Gasteiger partial charge in [-0.1, -0.05) is 15.9 Å². The number of likely N-dealkylation sites (tertiary alicyclic amines) is 1. The first-order valence-electron chi connectivity index (χ1n) is 3.98. The van der Waals surface area contributed by atoms with E-state index in [1.165, 1.54) is 6.20 Å². The minimum Gasteiger partial charge on any atom is -0.377 e. The highest BCUT2D eigenvalue weighted by Gasteiger charge is 2.14. The lowest BCUT2D eigenvalue weighted by Crippen LogP contribution is -2.29. The lowest BCUT2D eigenvalue weighted by atomic mass is 10.1. The Kier molecular flexibility index (Phi) is 3.73. The Bertz CT molecular complexity index is 283. The molecule has 6 heteroatoms. The Balaban J connectivity index is 2.43. The highest BCUT2D eigenvalue weighted by Crippen LogP contribution is 2.17. The summed E-state index contributed by atoms with van der Waals surface area (Å²) >= 11 is 3.46. The van der Waals surface area contributed by atoms with Gasteiger partial charge in [-0.2, -0.15) is 8.42 Å². The highest BCUT2D eigenvalue weighted by atomic mass is 79.9. The summed E-state index contributed by atoms with van der Waals surface area (Å²) in [4.78, 5) is 2.30. The quantitative estimate of drug-likeness (QED) is 0.566. The molecular weight excluding hydrogens is 261 g/mol. The molecule has 0 spiro atoms. The molecule has 0 aromatic rings. The first-order chi connectivity index (χ1) is 5.97. The Hall–Kier alpha value is -0.100. The van der Waals surface area contributed by atoms with Crippen molar-refractivity contribution in [1.82, 2.24) is 4.90 Å². The van der Waals surface area contributed by atoms with E-state index in [1.54, 1.807) is 4.90 Å². The van der Waals surface area contributed by atoms with Crippen LogP contribution in [-0.4, -0.2) is 31.2 Å². The van der Waals surface area contributed by atoms with E-state index in [0.29, 0.717) is 10.2 Å². The maximum absolute atomic E-state index is 12.1. The van der Waals surface area contributed by atoms with Crippen LogP contribution in [-0.2, 0) is 10.2 Å². The predicted octanol–water partition coefficient (Wildman–Crippen LogP) is 1.62. The van der Waals surface area contributed by atoms with Gasteiger partial charge in [0.15, 0.2) is 0 Å². The van der Waals surface area contributed by atoms with Gasteiger partial charge < -0.3 is 4.90 Å². The zero-order valence-electron chi connectivity index (χ0n) is 6.99. The van der Waals surface area contributed by atoms with E-state index in [0.717, 1.165) is 25.9 Å². The summed E-state index contributed by atoms with van der Waals surface area (Å²) in [5, 5.41) is 0.599. The molecule has 0 unspecified atom stereocenters. The van der Waals surface area contributed by atoms with E-state index in [9.17, 15) is 12.3 Å². The topological polar surface area (TPSA) is 37.4 Å². The average molecular weight is 272 g/mol. The second-order valence-electron chi connectivity index (χ2n) is 2.97. The summed E-state index contributed by atoms with van der Waals surface area (Å²) < 4.78 is 32.4. The smallest absolute Gasteiger partial charge is 0.326 e. The Morgan fingerprint density at radius 3 is 2.38 bits per heavy atom. The van der Waals surface area contributed by atoms with Crippen LogP contribution in [0.5, 0.6) is 0 Å². The number of nitrogens with zero attached hydrogens (tertiary/aromatic N) is 1. The molecule has 76 valence electrons. The van der Waals surface area contributed by atoms with E-state index in [2.05, 4.69) is 15.9 Å². The van der Waals surface area contributed by atoms with E-state index in [4.69, 9.17) is 0 Å². The summed E-state index contributed by atoms with van der Waals surface area (Å²) in [6, 6.07) is 0. The molecule has 0 radical (unpaired) electrons. The number of alkyl halides is 1. The van der Waals surface area contributed by atoms with Crippen LogP contribution >= 0.6 is 15.9 Å². The monoisotopic (exact) mass is 271 g/mol. The molecule has 0 N–H and O–H groups in total. The van der Waals surface area contributed by atoms with Crippen molar-refractivity contribution in [1.29, 1.82) is 0 Å². The largest absolute Gasteiger partial charge is 0.377 e. The SMILES string of the molecule is O=S(=O)(F)/C=C/N1CCC(Br)CC1. The number of rotatable bonds is 2. The van der Waals surface area contributed by atoms with Crippen LogP contribution in [0, 0.1) is 0 Å². The molecule has 0 amide bonds. The number of hydrogen-bond donors (Lipinski definition) is 0. The fourth-order valence-corrected chi connectivity index (χ4v) is 1.90. The third-order valence-corrected chi connectivity index (χ3v) is 3.26. The third-order valence-electron chi connectivity index (χ3n) is 1.89. The van der Waals surface area contributed by atoms with Crippen molar-refractivity contribution in [3.63, 3.8) is 0 Å². The van der Waals surface area contributed by atoms with Crippen molar-refractivity contribution in [2.45, 2.75) is 17.7 Å². The van der Waals surface area contributed by atoms with Gasteiger partial charge in [0.05, 0.1) is 5.41 Å². The molecule has 0 aliphatic carbocycles. The Labute approximate surface area is 85.9 Å². The Morgan fingerprint density at radius 2 is 1.92 bits per heavy atom. The van der Waals surface area contributed by atoms with Crippen LogP contribution in [0.1, 0.15) is 12.8 Å². The fraction of sp³-hybridized carbons (Fsp3) is 0.714. The molecule has 1 rings (SSSR count). The molecule has 0 bridgehead atoms. The van der Waals surface area contributed by atoms with Crippen molar-refractivity contribution < 1.29 is 12.3 Å². The second-order valence-corrected chi connectivity index (χ2v) is 5.49. The minimum absolute atomic E-state index is 0.499. The first kappa shape index (κ1) is 11.0. The summed E-state index contributed by atoms with van der Waals surface area (Å²) in [5.41, 5.74) is 0. The van der Waals surface area contributed by atoms with Gasteiger partial charge in [0.25, 0.3) is 0 Å². The zero-order valence-corrected chi connectivity index (χ0v) is 9.39. The standard InChI is InChI=1S/C7H11BrFNO2S/c8-7-1-3-10(4-2-7)5-6-13(9,11)12/h5-7H,1-4H2/b6-5+. The third kappa shape index (κ3) is 4.61. The van der Waals surface area contributed by atoms with Crippen LogP contribution < -0.4 is 0 Å². The summed E-state index contributed by atoms with van der Waals surface area (Å²) in [6.07, 6.45) is 3.21. The average Bonchev–Trinajstić information content (AvgIpc) is 2.02. The highest BCUT2D eigenvalue weighted by molar-refractivity contribution is 9.09. The molecule has 1 fully saturated rings. The van der Waals surface area contributed by atoms with Crippen LogP contribution in [0.15, 0.2) is 11.6 Å². The van der Waals surface area contributed by atoms with Gasteiger partial charge >= 0.3 is 10.2 Å². The molecule has 0 atom stereocenters. The van der Waals surface area contributed by atoms with Gasteiger partial charge in [-0.15, -0.1) is 3.89 Å². The first-order valence-corrected chi connectivity index (χ1v) is 6.34. The Morgan fingerprint density at radius 1 is 1.38 bits per heavy atom. The molecule has 3 nitrogen and oxygen atoms in total. The van der Waals surface area contributed by atoms with Gasteiger partial charge in [-0.3, -0.25) is 0 Å². The normalized spacial score (nSPS) is 21.2. The van der Waals surface area contributed by atoms with Crippen molar-refractivity contribution in [3.05, 3.63) is 11.6 Å². The van der Waals surface area contributed by atoms with Crippen LogP contribution in [0.25, 0.3) is 0 Å². The molecule has 1 saturated heterocycles. The van der Waals surface area contributed by atoms with Crippen LogP contribution in [0.3, 0.4) is 0 Å². The number of piperidine rings is 1. The van der Waals surface area contributed by atoms with Gasteiger partial charge in [0, 0.05) is 24.1 Å². The van der Waals surface area contributed by atoms with Crippen molar-refractivity contribution in [2.75, 3.05) is 13.1 Å². The molecule has 1 aliphatic heterocycles. The molecule has 0 saturated carbocycles. The van der Waals surface area contributed by atoms with Gasteiger partial charge in [0.1, 0.15) is 0 Å².